The van der Waals surface area contributed by atoms with Gasteiger partial charge in [0.25, 0.3) is 0 Å². The number of fused-ring (bicyclic) bond motifs is 1. The lowest BCUT2D eigenvalue weighted by atomic mass is 10.2. The summed E-state index contributed by atoms with van der Waals surface area (Å²) in [5, 5.41) is 0. The molecule has 2 heterocycles. The second-order valence-electron chi connectivity index (χ2n) is 3.90. The Hall–Kier alpha value is -1.95. The van der Waals surface area contributed by atoms with Crippen LogP contribution in [0.2, 0.25) is 0 Å². The molecule has 1 aromatic carbocycles. The molecular weight excluding hydrogens is 294 g/mol. The summed E-state index contributed by atoms with van der Waals surface area (Å²) in [7, 11) is 0. The van der Waals surface area contributed by atoms with E-state index >= 15 is 0 Å². The first-order valence-electron chi connectivity index (χ1n) is 5.40. The van der Waals surface area contributed by atoms with Crippen LogP contribution in [0.4, 0.5) is 5.82 Å². The lowest BCUT2D eigenvalue weighted by Crippen LogP contribution is -2.01. The van der Waals surface area contributed by atoms with Crippen LogP contribution in [0.5, 0.6) is 0 Å². The van der Waals surface area contributed by atoms with Crippen LogP contribution in [-0.2, 0) is 6.54 Å². The number of nitrogens with two attached hydrogens (primary N) is 1. The third-order valence-corrected chi connectivity index (χ3v) is 3.50. The van der Waals surface area contributed by atoms with E-state index < -0.39 is 0 Å². The molecule has 90 valence electrons. The molecule has 0 unspecified atom stereocenters. The van der Waals surface area contributed by atoms with Crippen LogP contribution in [-0.4, -0.2) is 19.5 Å². The number of benzene rings is 1. The lowest BCUT2D eigenvalue weighted by Gasteiger charge is -2.05. The number of rotatable bonds is 2. The molecule has 0 bridgehead atoms. The molecule has 0 aliphatic heterocycles. The van der Waals surface area contributed by atoms with E-state index in [1.165, 1.54) is 6.33 Å². The number of anilines is 1. The van der Waals surface area contributed by atoms with Crippen molar-refractivity contribution >= 4 is 32.9 Å². The smallest absolute Gasteiger partial charge is 0.165 e. The summed E-state index contributed by atoms with van der Waals surface area (Å²) in [5.41, 5.74) is 8.31. The normalized spacial score (nSPS) is 10.9. The summed E-state index contributed by atoms with van der Waals surface area (Å²) in [4.78, 5) is 12.4. The highest BCUT2D eigenvalue weighted by atomic mass is 79.9. The number of aromatic nitrogens is 4. The topological polar surface area (TPSA) is 69.6 Å². The van der Waals surface area contributed by atoms with E-state index in [0.29, 0.717) is 17.9 Å². The fraction of sp³-hybridized carbons (Fsp3) is 0.0833. The predicted octanol–water partition coefficient (Wildman–Crippen LogP) is 2.22. The van der Waals surface area contributed by atoms with Gasteiger partial charge in [0, 0.05) is 4.47 Å². The Bertz CT molecular complexity index is 707. The van der Waals surface area contributed by atoms with Crippen molar-refractivity contribution in [2.24, 2.45) is 0 Å². The highest BCUT2D eigenvalue weighted by Crippen LogP contribution is 2.20. The molecular formula is C12H10BrN5. The number of nitrogens with zero attached hydrogens (tertiary/aromatic N) is 4. The Kier molecular flexibility index (Phi) is 2.71. The first kappa shape index (κ1) is 11.2. The zero-order valence-corrected chi connectivity index (χ0v) is 11.0. The highest BCUT2D eigenvalue weighted by Gasteiger charge is 2.08. The van der Waals surface area contributed by atoms with E-state index in [1.54, 1.807) is 6.33 Å². The molecule has 0 fully saturated rings. The molecule has 0 aliphatic carbocycles. The van der Waals surface area contributed by atoms with Crippen LogP contribution < -0.4 is 5.73 Å². The Balaban J connectivity index is 2.06. The lowest BCUT2D eigenvalue weighted by molar-refractivity contribution is 0.810. The van der Waals surface area contributed by atoms with Gasteiger partial charge in [0.1, 0.15) is 11.8 Å². The number of imidazole rings is 1. The summed E-state index contributed by atoms with van der Waals surface area (Å²) < 4.78 is 3.02. The van der Waals surface area contributed by atoms with E-state index in [1.807, 2.05) is 22.8 Å². The van der Waals surface area contributed by atoms with Gasteiger partial charge < -0.3 is 10.3 Å². The third kappa shape index (κ3) is 1.84. The summed E-state index contributed by atoms with van der Waals surface area (Å²) in [6.45, 7) is 0.689. The molecule has 5 nitrogen and oxygen atoms in total. The number of halogens is 1. The van der Waals surface area contributed by atoms with Gasteiger partial charge in [-0.1, -0.05) is 34.1 Å². The third-order valence-electron chi connectivity index (χ3n) is 2.73. The SMILES string of the molecule is Nc1ncnc2c1ncn2Cc1ccccc1Br. The van der Waals surface area contributed by atoms with Crippen molar-refractivity contribution in [1.29, 1.82) is 0 Å². The van der Waals surface area contributed by atoms with Gasteiger partial charge in [-0.25, -0.2) is 15.0 Å². The van der Waals surface area contributed by atoms with Gasteiger partial charge in [-0.3, -0.25) is 0 Å². The van der Waals surface area contributed by atoms with Crippen LogP contribution in [0.15, 0.2) is 41.4 Å². The first-order chi connectivity index (χ1) is 8.75. The number of hydrogen-bond acceptors (Lipinski definition) is 4. The van der Waals surface area contributed by atoms with Crippen molar-refractivity contribution in [1.82, 2.24) is 19.5 Å². The van der Waals surface area contributed by atoms with E-state index in [4.69, 9.17) is 5.73 Å². The number of hydrogen-bond donors (Lipinski definition) is 1. The zero-order valence-electron chi connectivity index (χ0n) is 9.42. The van der Waals surface area contributed by atoms with Gasteiger partial charge in [-0.15, -0.1) is 0 Å². The largest absolute Gasteiger partial charge is 0.382 e. The molecule has 0 saturated carbocycles. The van der Waals surface area contributed by atoms with Gasteiger partial charge in [-0.2, -0.15) is 0 Å². The Morgan fingerprint density at radius 1 is 1.17 bits per heavy atom. The van der Waals surface area contributed by atoms with E-state index in [2.05, 4.69) is 36.9 Å². The van der Waals surface area contributed by atoms with Crippen molar-refractivity contribution in [2.75, 3.05) is 5.73 Å². The van der Waals surface area contributed by atoms with Crippen LogP contribution in [0.1, 0.15) is 5.56 Å². The van der Waals surface area contributed by atoms with E-state index in [-0.39, 0.29) is 0 Å². The summed E-state index contributed by atoms with van der Waals surface area (Å²) >= 11 is 3.53. The molecule has 3 rings (SSSR count). The summed E-state index contributed by atoms with van der Waals surface area (Å²) in [5.74, 6) is 0.408. The fourth-order valence-electron chi connectivity index (χ4n) is 1.82. The van der Waals surface area contributed by atoms with Crippen molar-refractivity contribution in [3.63, 3.8) is 0 Å². The Morgan fingerprint density at radius 3 is 2.83 bits per heavy atom. The van der Waals surface area contributed by atoms with Crippen LogP contribution in [0.3, 0.4) is 0 Å². The van der Waals surface area contributed by atoms with Gasteiger partial charge in [0.05, 0.1) is 12.9 Å². The molecule has 6 heteroatoms. The monoisotopic (exact) mass is 303 g/mol. The standard InChI is InChI=1S/C12H10BrN5/c13-9-4-2-1-3-8(9)5-18-7-17-10-11(14)15-6-16-12(10)18/h1-4,6-7H,5H2,(H2,14,15,16). The van der Waals surface area contributed by atoms with Gasteiger partial charge >= 0.3 is 0 Å². The van der Waals surface area contributed by atoms with Crippen molar-refractivity contribution < 1.29 is 0 Å². The zero-order chi connectivity index (χ0) is 12.5. The highest BCUT2D eigenvalue weighted by molar-refractivity contribution is 9.10. The van der Waals surface area contributed by atoms with E-state index in [9.17, 15) is 0 Å². The van der Waals surface area contributed by atoms with Gasteiger partial charge in [0.15, 0.2) is 11.5 Å². The van der Waals surface area contributed by atoms with Crippen molar-refractivity contribution in [3.8, 4) is 0 Å². The Labute approximate surface area is 112 Å². The maximum absolute atomic E-state index is 5.76. The maximum Gasteiger partial charge on any atom is 0.165 e. The molecule has 0 saturated heterocycles. The quantitative estimate of drug-likeness (QED) is 0.788. The maximum atomic E-state index is 5.76. The predicted molar refractivity (Wildman–Crippen MR) is 73.0 cm³/mol. The van der Waals surface area contributed by atoms with Crippen molar-refractivity contribution in [2.45, 2.75) is 6.54 Å². The van der Waals surface area contributed by atoms with Gasteiger partial charge in [-0.05, 0) is 11.6 Å². The minimum atomic E-state index is 0.408. The fourth-order valence-corrected chi connectivity index (χ4v) is 2.23. The second-order valence-corrected chi connectivity index (χ2v) is 4.75. The Morgan fingerprint density at radius 2 is 2.00 bits per heavy atom. The second kappa shape index (κ2) is 4.38. The summed E-state index contributed by atoms with van der Waals surface area (Å²) in [6, 6.07) is 8.06. The summed E-state index contributed by atoms with van der Waals surface area (Å²) in [6.07, 6.45) is 3.19. The molecule has 0 spiro atoms. The van der Waals surface area contributed by atoms with Crippen molar-refractivity contribution in [3.05, 3.63) is 47.0 Å². The minimum Gasteiger partial charge on any atom is -0.382 e. The van der Waals surface area contributed by atoms with Crippen LogP contribution in [0, 0.1) is 0 Å². The molecule has 0 amide bonds. The van der Waals surface area contributed by atoms with Crippen LogP contribution in [0.25, 0.3) is 11.2 Å². The molecule has 0 atom stereocenters. The molecule has 18 heavy (non-hydrogen) atoms. The molecule has 0 radical (unpaired) electrons. The molecule has 0 aliphatic rings. The minimum absolute atomic E-state index is 0.408. The first-order valence-corrected chi connectivity index (χ1v) is 6.20. The molecule has 3 aromatic rings. The average Bonchev–Trinajstić information content (AvgIpc) is 2.77. The van der Waals surface area contributed by atoms with Crippen LogP contribution >= 0.6 is 15.9 Å². The number of nitrogen functional groups attached to an aromatic ring is 1. The molecule has 2 N–H and O–H groups in total. The average molecular weight is 304 g/mol. The molecule has 2 aromatic heterocycles. The van der Waals surface area contributed by atoms with Gasteiger partial charge in [0.2, 0.25) is 0 Å². The van der Waals surface area contributed by atoms with E-state index in [0.717, 1.165) is 15.7 Å².